The second kappa shape index (κ2) is 67.1. The van der Waals surface area contributed by atoms with Crippen molar-refractivity contribution in [3.8, 4) is 0 Å². The monoisotopic (exact) mass is 923 g/mol. The van der Waals surface area contributed by atoms with Crippen LogP contribution < -0.4 is 10.6 Å². The molecule has 6 nitrogen and oxygen atoms in total. The lowest BCUT2D eigenvalue weighted by atomic mass is 10.1. The maximum absolute atomic E-state index is 9.43. The lowest BCUT2D eigenvalue weighted by Crippen LogP contribution is -2.16. The zero-order valence-electron chi connectivity index (χ0n) is 45.2. The second-order valence-electron chi connectivity index (χ2n) is 20.0. The lowest BCUT2D eigenvalue weighted by Gasteiger charge is -2.06. The first kappa shape index (κ1) is 68.1. The number of aliphatic carboxylic acids is 2. The van der Waals surface area contributed by atoms with Crippen LogP contribution >= 0.6 is 0 Å². The van der Waals surface area contributed by atoms with Gasteiger partial charge in [0.15, 0.2) is 0 Å². The smallest absolute Gasteiger partial charge is 0.314 e. The Hall–Kier alpha value is -1.14. The Balaban J connectivity index is -0.00000103. The zero-order valence-corrected chi connectivity index (χ0v) is 45.2. The van der Waals surface area contributed by atoms with Gasteiger partial charge in [0.25, 0.3) is 0 Å². The molecule has 0 saturated carbocycles. The lowest BCUT2D eigenvalue weighted by molar-refractivity contribution is -0.147. The molecule has 0 bridgehead atoms. The predicted molar refractivity (Wildman–Crippen MR) is 290 cm³/mol. The van der Waals surface area contributed by atoms with Crippen LogP contribution in [0.1, 0.15) is 342 Å². The molecule has 0 saturated heterocycles. The Morgan fingerprint density at radius 1 is 0.231 bits per heavy atom. The molecular weight excluding hydrogens is 801 g/mol. The number of carbonyl (C=O) groups is 2. The standard InChI is InChI=1S/2C28H59N.C3H4O4/c2*1-3-5-7-9-11-13-15-17-19-21-23-25-27-29-28-26-24-22-20-18-16-14-12-10-8-6-4-2;4-2(5)1-3(6)7/h2*29H,3-28H2,1-2H3;1H2,(H,4,5)(H,6,7). The molecule has 0 unspecified atom stereocenters. The van der Waals surface area contributed by atoms with E-state index in [1.807, 2.05) is 0 Å². The number of unbranched alkanes of at least 4 members (excludes halogenated alkanes) is 44. The highest BCUT2D eigenvalue weighted by Crippen LogP contribution is 2.15. The maximum atomic E-state index is 9.43. The first-order valence-electron chi connectivity index (χ1n) is 29.8. The molecule has 0 aliphatic rings. The third-order valence-corrected chi connectivity index (χ3v) is 13.1. The van der Waals surface area contributed by atoms with Crippen molar-refractivity contribution in [3.05, 3.63) is 0 Å². The first-order chi connectivity index (χ1) is 32.0. The van der Waals surface area contributed by atoms with E-state index in [1.165, 1.54) is 334 Å². The highest BCUT2D eigenvalue weighted by molar-refractivity contribution is 5.88. The van der Waals surface area contributed by atoms with E-state index in [0.717, 1.165) is 0 Å². The Kier molecular flexibility index (Phi) is 70.4. The summed E-state index contributed by atoms with van der Waals surface area (Å²) in [5.74, 6) is -2.62. The average Bonchev–Trinajstić information content (AvgIpc) is 3.29. The minimum absolute atomic E-state index is 0.806. The van der Waals surface area contributed by atoms with E-state index in [-0.39, 0.29) is 0 Å². The van der Waals surface area contributed by atoms with Crippen molar-refractivity contribution in [2.24, 2.45) is 0 Å². The van der Waals surface area contributed by atoms with Crippen molar-refractivity contribution >= 4 is 11.9 Å². The third-order valence-electron chi connectivity index (χ3n) is 13.1. The van der Waals surface area contributed by atoms with Gasteiger partial charge in [0.05, 0.1) is 0 Å². The number of nitrogens with one attached hydrogen (secondary N) is 2. The van der Waals surface area contributed by atoms with Crippen molar-refractivity contribution in [1.29, 1.82) is 0 Å². The SMILES string of the molecule is CCCCCCCCCCCCCCNCCCCCCCCCCCCCC.CCCCCCCCCCCCCCNCCCCCCCCCCCCCC.O=C(O)CC(=O)O. The number of hydrogen-bond donors (Lipinski definition) is 4. The van der Waals surface area contributed by atoms with Crippen LogP contribution in [-0.2, 0) is 9.59 Å². The summed E-state index contributed by atoms with van der Waals surface area (Å²) in [6.07, 6.45) is 68.7. The van der Waals surface area contributed by atoms with Gasteiger partial charge < -0.3 is 20.8 Å². The van der Waals surface area contributed by atoms with E-state index in [4.69, 9.17) is 10.2 Å². The van der Waals surface area contributed by atoms with E-state index in [1.54, 1.807) is 0 Å². The number of carboxylic acid groups (broad SMARTS) is 2. The van der Waals surface area contributed by atoms with Crippen LogP contribution in [0.15, 0.2) is 0 Å². The van der Waals surface area contributed by atoms with E-state index in [9.17, 15) is 9.59 Å². The summed E-state index contributed by atoms with van der Waals surface area (Å²) in [7, 11) is 0. The molecule has 0 aliphatic carbocycles. The largest absolute Gasteiger partial charge is 0.481 e. The molecule has 0 aromatic heterocycles. The average molecular weight is 924 g/mol. The van der Waals surface area contributed by atoms with Crippen LogP contribution in [0.2, 0.25) is 0 Å². The third kappa shape index (κ3) is 77.4. The fourth-order valence-corrected chi connectivity index (χ4v) is 8.74. The van der Waals surface area contributed by atoms with Gasteiger partial charge >= 0.3 is 11.9 Å². The Bertz CT molecular complexity index is 721. The Morgan fingerprint density at radius 3 is 0.462 bits per heavy atom. The normalized spacial score (nSPS) is 11.0. The van der Waals surface area contributed by atoms with Crippen molar-refractivity contribution in [2.45, 2.75) is 342 Å². The summed E-state index contributed by atoms with van der Waals surface area (Å²) in [5.41, 5.74) is 0. The van der Waals surface area contributed by atoms with Crippen LogP contribution in [0, 0.1) is 0 Å². The van der Waals surface area contributed by atoms with Crippen LogP contribution in [0.25, 0.3) is 0 Å². The molecule has 0 rings (SSSR count). The second-order valence-corrected chi connectivity index (χ2v) is 20.0. The van der Waals surface area contributed by atoms with Gasteiger partial charge in [0.2, 0.25) is 0 Å². The van der Waals surface area contributed by atoms with Gasteiger partial charge in [0, 0.05) is 0 Å². The van der Waals surface area contributed by atoms with Crippen LogP contribution in [0.3, 0.4) is 0 Å². The van der Waals surface area contributed by atoms with Crippen molar-refractivity contribution in [3.63, 3.8) is 0 Å². The first-order valence-corrected chi connectivity index (χ1v) is 29.8. The summed E-state index contributed by atoms with van der Waals surface area (Å²) in [6.45, 7) is 14.2. The van der Waals surface area contributed by atoms with E-state index < -0.39 is 18.4 Å². The number of rotatable bonds is 54. The van der Waals surface area contributed by atoms with Gasteiger partial charge in [-0.05, 0) is 51.9 Å². The van der Waals surface area contributed by atoms with Crippen LogP contribution in [0.5, 0.6) is 0 Å². The summed E-state index contributed by atoms with van der Waals surface area (Å²) in [4.78, 5) is 18.9. The Labute approximate surface area is 409 Å². The minimum Gasteiger partial charge on any atom is -0.481 e. The molecule has 392 valence electrons. The van der Waals surface area contributed by atoms with Gasteiger partial charge in [-0.15, -0.1) is 0 Å². The summed E-state index contributed by atoms with van der Waals surface area (Å²) >= 11 is 0. The van der Waals surface area contributed by atoms with Crippen molar-refractivity contribution in [1.82, 2.24) is 10.6 Å². The van der Waals surface area contributed by atoms with Crippen LogP contribution in [-0.4, -0.2) is 48.3 Å². The topological polar surface area (TPSA) is 98.7 Å². The van der Waals surface area contributed by atoms with Gasteiger partial charge in [-0.2, -0.15) is 0 Å². The summed E-state index contributed by atoms with van der Waals surface area (Å²) in [5, 5.41) is 22.7. The highest BCUT2D eigenvalue weighted by atomic mass is 16.4. The van der Waals surface area contributed by atoms with Gasteiger partial charge in [0.1, 0.15) is 6.42 Å². The molecule has 0 fully saturated rings. The number of hydrogen-bond acceptors (Lipinski definition) is 4. The molecule has 0 heterocycles. The molecule has 0 aliphatic heterocycles. The molecule has 4 N–H and O–H groups in total. The molecule has 6 heteroatoms. The zero-order chi connectivity index (χ0) is 48.0. The van der Waals surface area contributed by atoms with Gasteiger partial charge in [-0.25, -0.2) is 0 Å². The van der Waals surface area contributed by atoms with Gasteiger partial charge in [-0.3, -0.25) is 9.59 Å². The molecule has 65 heavy (non-hydrogen) atoms. The van der Waals surface area contributed by atoms with E-state index >= 15 is 0 Å². The summed E-state index contributed by atoms with van der Waals surface area (Å²) < 4.78 is 0. The highest BCUT2D eigenvalue weighted by Gasteiger charge is 2.02. The van der Waals surface area contributed by atoms with E-state index in [0.29, 0.717) is 0 Å². The van der Waals surface area contributed by atoms with Crippen LogP contribution in [0.4, 0.5) is 0 Å². The molecule has 0 radical (unpaired) electrons. The fourth-order valence-electron chi connectivity index (χ4n) is 8.74. The van der Waals surface area contributed by atoms with Crippen molar-refractivity contribution < 1.29 is 19.8 Å². The Morgan fingerprint density at radius 2 is 0.354 bits per heavy atom. The molecule has 0 amide bonds. The predicted octanol–water partition coefficient (Wildman–Crippen LogP) is 19.5. The molecule has 0 aromatic rings. The van der Waals surface area contributed by atoms with Gasteiger partial charge in [-0.1, -0.05) is 310 Å². The molecular formula is C59H122N2O4. The fraction of sp³-hybridized carbons (Fsp3) is 0.966. The molecule has 0 spiro atoms. The molecule has 0 aromatic carbocycles. The summed E-state index contributed by atoms with van der Waals surface area (Å²) in [6, 6.07) is 0. The number of carboxylic acids is 2. The molecule has 0 atom stereocenters. The maximum Gasteiger partial charge on any atom is 0.314 e. The van der Waals surface area contributed by atoms with E-state index in [2.05, 4.69) is 38.3 Å². The minimum atomic E-state index is -1.31. The van der Waals surface area contributed by atoms with Crippen molar-refractivity contribution in [2.75, 3.05) is 26.2 Å². The quantitative estimate of drug-likeness (QED) is 0.0358.